The molecular formula is C84H64BClN8O2. The lowest BCUT2D eigenvalue weighted by molar-refractivity contribution is 0.463. The van der Waals surface area contributed by atoms with Crippen molar-refractivity contribution in [1.82, 2.24) is 19.9 Å². The molecule has 6 heterocycles. The van der Waals surface area contributed by atoms with Gasteiger partial charge in [0.25, 0.3) is 6.71 Å². The highest BCUT2D eigenvalue weighted by Gasteiger charge is 2.43. The Balaban J connectivity index is 0.000000158. The first-order chi connectivity index (χ1) is 47.5. The molecule has 462 valence electrons. The van der Waals surface area contributed by atoms with E-state index < -0.39 is 0 Å². The minimum atomic E-state index is -0.0174. The molecule has 0 fully saturated rings. The van der Waals surface area contributed by atoms with Gasteiger partial charge in [0.2, 0.25) is 11.8 Å². The van der Waals surface area contributed by atoms with E-state index in [1.54, 1.807) is 12.4 Å². The maximum Gasteiger partial charge on any atom is 0.252 e. The maximum absolute atomic E-state index is 7.47. The van der Waals surface area contributed by atoms with E-state index in [0.29, 0.717) is 35.6 Å². The van der Waals surface area contributed by atoms with Crippen molar-refractivity contribution >= 4 is 80.2 Å². The Morgan fingerprint density at radius 1 is 0.333 bits per heavy atom. The second-order valence-corrected chi connectivity index (χ2v) is 23.9. The van der Waals surface area contributed by atoms with Gasteiger partial charge >= 0.3 is 0 Å². The molecule has 0 bridgehead atoms. The summed E-state index contributed by atoms with van der Waals surface area (Å²) in [6.07, 6.45) is 7.16. The third kappa shape index (κ3) is 13.2. The van der Waals surface area contributed by atoms with E-state index in [2.05, 4.69) is 265 Å². The van der Waals surface area contributed by atoms with Gasteiger partial charge in [0.05, 0.1) is 27.8 Å². The highest BCUT2D eigenvalue weighted by atomic mass is 35.5. The molecule has 0 amide bonds. The number of halogens is 1. The van der Waals surface area contributed by atoms with Crippen LogP contribution in [-0.4, -0.2) is 26.6 Å². The van der Waals surface area contributed by atoms with Crippen LogP contribution in [0.2, 0.25) is 5.02 Å². The smallest absolute Gasteiger partial charge is 0.252 e. The van der Waals surface area contributed by atoms with Crippen LogP contribution in [0.1, 0.15) is 22.3 Å². The van der Waals surface area contributed by atoms with E-state index in [9.17, 15) is 0 Å². The molecule has 0 saturated heterocycles. The molecular weight excluding hydrogens is 1200 g/mol. The van der Waals surface area contributed by atoms with Gasteiger partial charge in [0.15, 0.2) is 0 Å². The number of pyridine rings is 4. The largest absolute Gasteiger partial charge is 0.439 e. The predicted molar refractivity (Wildman–Crippen MR) is 393 cm³/mol. The highest BCUT2D eigenvalue weighted by Crippen LogP contribution is 2.44. The average Bonchev–Trinajstić information content (AvgIpc) is 0.706. The third-order valence-electron chi connectivity index (χ3n) is 17.4. The first-order valence-corrected chi connectivity index (χ1v) is 32.5. The Hall–Kier alpha value is -12.0. The predicted octanol–water partition coefficient (Wildman–Crippen LogP) is 19.0. The molecule has 0 unspecified atom stereocenters. The zero-order valence-corrected chi connectivity index (χ0v) is 53.3. The summed E-state index contributed by atoms with van der Waals surface area (Å²) in [6, 6.07) is 109. The van der Waals surface area contributed by atoms with Crippen LogP contribution >= 0.6 is 11.6 Å². The molecule has 0 saturated carbocycles. The molecule has 4 aromatic heterocycles. The van der Waals surface area contributed by atoms with Crippen molar-refractivity contribution in [2.24, 2.45) is 0 Å². The van der Waals surface area contributed by atoms with Crippen molar-refractivity contribution < 1.29 is 9.47 Å². The summed E-state index contributed by atoms with van der Waals surface area (Å²) < 4.78 is 12.3. The van der Waals surface area contributed by atoms with E-state index in [0.717, 1.165) is 64.1 Å². The van der Waals surface area contributed by atoms with Gasteiger partial charge in [-0.3, -0.25) is 9.97 Å². The van der Waals surface area contributed by atoms with E-state index in [-0.39, 0.29) is 6.71 Å². The van der Waals surface area contributed by atoms with Gasteiger partial charge < -0.3 is 29.1 Å². The second kappa shape index (κ2) is 28.0. The molecule has 0 spiro atoms. The molecule has 0 N–H and O–H groups in total. The Kier molecular flexibility index (Phi) is 17.6. The number of hydrogen-bond acceptors (Lipinski definition) is 10. The lowest BCUT2D eigenvalue weighted by Crippen LogP contribution is -2.62. The quantitative estimate of drug-likeness (QED) is 0.0775. The van der Waals surface area contributed by atoms with Gasteiger partial charge in [-0.05, 0) is 166 Å². The maximum atomic E-state index is 7.47. The summed E-state index contributed by atoms with van der Waals surface area (Å²) in [5, 5.41) is 0.659. The number of hydrogen-bond donors (Lipinski definition) is 0. The Labute approximate surface area is 565 Å². The molecule has 96 heavy (non-hydrogen) atoms. The lowest BCUT2D eigenvalue weighted by atomic mass is 9.33. The normalized spacial score (nSPS) is 11.7. The fourth-order valence-electron chi connectivity index (χ4n) is 12.9. The topological polar surface area (TPSA) is 83.0 Å². The average molecular weight is 1260 g/mol. The zero-order chi connectivity index (χ0) is 64.4. The lowest BCUT2D eigenvalue weighted by Gasteiger charge is -2.44. The number of ether oxygens (including phenoxy) is 2. The summed E-state index contributed by atoms with van der Waals surface area (Å²) in [7, 11) is 0. The van der Waals surface area contributed by atoms with Crippen LogP contribution < -0.4 is 45.5 Å². The molecule has 10 aromatic carbocycles. The van der Waals surface area contributed by atoms with E-state index in [4.69, 9.17) is 26.1 Å². The minimum absolute atomic E-state index is 0.0174. The fourth-order valence-corrected chi connectivity index (χ4v) is 13.2. The van der Waals surface area contributed by atoms with Gasteiger partial charge in [-0.1, -0.05) is 194 Å². The number of fused-ring (bicyclic) bond motifs is 4. The molecule has 2 aliphatic heterocycles. The number of nitrogens with zero attached hydrogens (tertiary/aromatic N) is 8. The second-order valence-electron chi connectivity index (χ2n) is 23.5. The van der Waals surface area contributed by atoms with Crippen LogP contribution in [0.3, 0.4) is 0 Å². The van der Waals surface area contributed by atoms with Crippen molar-refractivity contribution in [3.63, 3.8) is 0 Å². The summed E-state index contributed by atoms with van der Waals surface area (Å²) >= 11 is 7.47. The molecule has 0 radical (unpaired) electrons. The molecule has 16 rings (SSSR count). The van der Waals surface area contributed by atoms with Gasteiger partial charge in [-0.2, -0.15) is 0 Å². The fraction of sp³-hybridized carbons (Fsp3) is 0.0476. The van der Waals surface area contributed by atoms with Crippen molar-refractivity contribution in [3.05, 3.63) is 368 Å². The third-order valence-corrected chi connectivity index (χ3v) is 17.8. The SMILES string of the molecule is Clc1c(N(Cc2ccccc2)c2ccc(Oc3ccccn3)cc2)cccc1N(Cc1ccccc1)c1ccc(-c2ccccn2)cc1.c1ccc(CN2c3ccc(Oc4ccccn4)cc3B3c4cc(-c5ccccn5)ccc4N(Cc4ccccc4)c4cccc2c43)cc1. The monoisotopic (exact) mass is 1260 g/mol. The summed E-state index contributed by atoms with van der Waals surface area (Å²) in [4.78, 5) is 27.5. The minimum Gasteiger partial charge on any atom is -0.439 e. The van der Waals surface area contributed by atoms with Crippen molar-refractivity contribution in [1.29, 1.82) is 0 Å². The Morgan fingerprint density at radius 2 is 0.740 bits per heavy atom. The van der Waals surface area contributed by atoms with E-state index in [1.807, 2.05) is 97.3 Å². The molecule has 10 nitrogen and oxygen atoms in total. The summed E-state index contributed by atoms with van der Waals surface area (Å²) in [5.41, 5.74) is 21.3. The van der Waals surface area contributed by atoms with E-state index >= 15 is 0 Å². The zero-order valence-electron chi connectivity index (χ0n) is 52.5. The van der Waals surface area contributed by atoms with Crippen molar-refractivity contribution in [2.75, 3.05) is 19.6 Å². The van der Waals surface area contributed by atoms with Gasteiger partial charge in [0.1, 0.15) is 11.5 Å². The van der Waals surface area contributed by atoms with Crippen LogP contribution in [0.15, 0.2) is 340 Å². The molecule has 0 aliphatic carbocycles. The van der Waals surface area contributed by atoms with Crippen LogP contribution in [0.25, 0.3) is 22.5 Å². The first kappa shape index (κ1) is 60.2. The van der Waals surface area contributed by atoms with Gasteiger partial charge in [0, 0.05) is 103 Å². The standard InChI is InChI=1S/C42H31BN4O.C42H33ClN4O/c1-3-12-30(13-4-1)28-46-37-22-20-32(36-16-7-9-24-44-36)26-34(37)43-35-27-33(48-41-19-8-10-25-45-41)21-23-38(35)47(29-31-14-5-2-6-15-31)40-18-11-17-39(46)42(40)43;43-42-39(46(30-32-12-3-1-4-13-32)35-22-20-34(21-23-35)38-16-7-9-28-44-38)17-11-18-40(42)47(31-33-14-5-2-6-15-33)36-24-26-37(27-25-36)48-41-19-8-10-29-45-41/h1-27H,28-29H2;1-29H,30-31H2. The van der Waals surface area contributed by atoms with Crippen molar-refractivity contribution in [2.45, 2.75) is 26.2 Å². The molecule has 0 atom stereocenters. The van der Waals surface area contributed by atoms with Crippen molar-refractivity contribution in [3.8, 4) is 45.8 Å². The van der Waals surface area contributed by atoms with Crippen LogP contribution in [-0.2, 0) is 26.2 Å². The van der Waals surface area contributed by atoms with Gasteiger partial charge in [-0.25, -0.2) is 9.97 Å². The number of aromatic nitrogens is 4. The van der Waals surface area contributed by atoms with E-state index in [1.165, 1.54) is 61.4 Å². The molecule has 14 aromatic rings. The number of rotatable bonds is 18. The number of anilines is 8. The van der Waals surface area contributed by atoms with Crippen LogP contribution in [0, 0.1) is 0 Å². The molecule has 2 aliphatic rings. The Morgan fingerprint density at radius 3 is 1.23 bits per heavy atom. The highest BCUT2D eigenvalue weighted by molar-refractivity contribution is 7.00. The summed E-state index contributed by atoms with van der Waals surface area (Å²) in [6.45, 7) is 2.76. The van der Waals surface area contributed by atoms with Crippen LogP contribution in [0.5, 0.6) is 23.3 Å². The van der Waals surface area contributed by atoms with Gasteiger partial charge in [-0.15, -0.1) is 0 Å². The first-order valence-electron chi connectivity index (χ1n) is 32.2. The number of benzene rings is 10. The van der Waals surface area contributed by atoms with Crippen LogP contribution in [0.4, 0.5) is 45.5 Å². The molecule has 12 heteroatoms. The Bertz CT molecular complexity index is 4890. The summed E-state index contributed by atoms with van der Waals surface area (Å²) in [5.74, 6) is 2.60.